The molecule has 1 aliphatic rings. The minimum absolute atomic E-state index is 0.132. The highest BCUT2D eigenvalue weighted by Gasteiger charge is 2.38. The summed E-state index contributed by atoms with van der Waals surface area (Å²) in [6, 6.07) is 4.70. The fourth-order valence-corrected chi connectivity index (χ4v) is 2.62. The van der Waals surface area contributed by atoms with Gasteiger partial charge in [-0.3, -0.25) is 4.79 Å². The number of benzene rings is 1. The molecule has 6 nitrogen and oxygen atoms in total. The first-order chi connectivity index (χ1) is 9.91. The van der Waals surface area contributed by atoms with Crippen molar-refractivity contribution in [3.8, 4) is 0 Å². The van der Waals surface area contributed by atoms with Crippen molar-refractivity contribution in [2.75, 3.05) is 25.6 Å². The van der Waals surface area contributed by atoms with Crippen LogP contribution in [-0.2, 0) is 9.53 Å². The van der Waals surface area contributed by atoms with Crippen LogP contribution in [0.25, 0.3) is 0 Å². The van der Waals surface area contributed by atoms with Crippen LogP contribution < -0.4 is 5.32 Å². The van der Waals surface area contributed by atoms with Crippen LogP contribution in [0.15, 0.2) is 22.7 Å². The second-order valence-electron chi connectivity index (χ2n) is 5.00. The normalized spacial score (nSPS) is 21.1. The minimum Gasteiger partial charge on any atom is -0.481 e. The van der Waals surface area contributed by atoms with E-state index in [1.807, 2.05) is 19.1 Å². The molecule has 21 heavy (non-hydrogen) atoms. The Kier molecular flexibility index (Phi) is 4.84. The Labute approximate surface area is 131 Å². The summed E-state index contributed by atoms with van der Waals surface area (Å²) in [5.41, 5.74) is 1.60. The molecule has 1 heterocycles. The molecule has 1 aliphatic heterocycles. The van der Waals surface area contributed by atoms with Crippen molar-refractivity contribution in [3.05, 3.63) is 28.2 Å². The van der Waals surface area contributed by atoms with Gasteiger partial charge in [0.2, 0.25) is 0 Å². The summed E-state index contributed by atoms with van der Waals surface area (Å²) in [5, 5.41) is 11.9. The van der Waals surface area contributed by atoms with Crippen LogP contribution in [0.4, 0.5) is 10.5 Å². The van der Waals surface area contributed by atoms with E-state index in [9.17, 15) is 9.59 Å². The van der Waals surface area contributed by atoms with E-state index < -0.39 is 17.9 Å². The van der Waals surface area contributed by atoms with Crippen LogP contribution in [-0.4, -0.2) is 48.3 Å². The largest absolute Gasteiger partial charge is 0.481 e. The van der Waals surface area contributed by atoms with Gasteiger partial charge in [0.15, 0.2) is 0 Å². The zero-order valence-electron chi connectivity index (χ0n) is 11.8. The second kappa shape index (κ2) is 6.44. The first kappa shape index (κ1) is 15.8. The molecule has 0 radical (unpaired) electrons. The molecule has 2 amide bonds. The van der Waals surface area contributed by atoms with Crippen LogP contribution in [0.2, 0.25) is 0 Å². The van der Waals surface area contributed by atoms with Gasteiger partial charge in [-0.1, -0.05) is 22.0 Å². The van der Waals surface area contributed by atoms with Gasteiger partial charge in [0, 0.05) is 17.2 Å². The number of hydrogen-bond donors (Lipinski definition) is 2. The highest BCUT2D eigenvalue weighted by Crippen LogP contribution is 2.25. The van der Waals surface area contributed by atoms with E-state index in [2.05, 4.69) is 21.2 Å². The van der Waals surface area contributed by atoms with E-state index in [-0.39, 0.29) is 19.2 Å². The number of carbonyl (C=O) groups is 2. The third-order valence-electron chi connectivity index (χ3n) is 3.69. The standard InChI is InChI=1S/C14H17BrN2O4/c1-8-10(15)4-3-5-11(8)16-14(20)17(2)12-7-21-6-9(12)13(18)19/h3-5,9,12H,6-7H2,1-2H3,(H,16,20)(H,18,19). The van der Waals surface area contributed by atoms with E-state index in [4.69, 9.17) is 9.84 Å². The average Bonchev–Trinajstić information content (AvgIpc) is 2.92. The molecule has 0 saturated carbocycles. The van der Waals surface area contributed by atoms with Crippen molar-refractivity contribution in [2.24, 2.45) is 5.92 Å². The molecule has 0 aromatic heterocycles. The van der Waals surface area contributed by atoms with Gasteiger partial charge < -0.3 is 20.1 Å². The Hall–Kier alpha value is -1.60. The van der Waals surface area contributed by atoms with Crippen molar-refractivity contribution in [3.63, 3.8) is 0 Å². The number of hydrogen-bond acceptors (Lipinski definition) is 3. The number of ether oxygens (including phenoxy) is 1. The number of anilines is 1. The van der Waals surface area contributed by atoms with Gasteiger partial charge in [-0.2, -0.15) is 0 Å². The lowest BCUT2D eigenvalue weighted by atomic mass is 10.0. The highest BCUT2D eigenvalue weighted by molar-refractivity contribution is 9.10. The van der Waals surface area contributed by atoms with Crippen molar-refractivity contribution < 1.29 is 19.4 Å². The minimum atomic E-state index is -0.948. The van der Waals surface area contributed by atoms with Crippen molar-refractivity contribution in [2.45, 2.75) is 13.0 Å². The van der Waals surface area contributed by atoms with Gasteiger partial charge in [-0.15, -0.1) is 0 Å². The predicted octanol–water partition coefficient (Wildman–Crippen LogP) is 2.32. The molecule has 1 saturated heterocycles. The molecular weight excluding hydrogens is 340 g/mol. The lowest BCUT2D eigenvalue weighted by Crippen LogP contribution is -2.46. The molecule has 7 heteroatoms. The molecule has 0 aliphatic carbocycles. The van der Waals surface area contributed by atoms with Gasteiger partial charge in [-0.25, -0.2) is 4.79 Å². The topological polar surface area (TPSA) is 78.9 Å². The summed E-state index contributed by atoms with van der Waals surface area (Å²) in [7, 11) is 1.58. The molecule has 2 rings (SSSR count). The van der Waals surface area contributed by atoms with Crippen LogP contribution in [0.3, 0.4) is 0 Å². The number of amides is 2. The van der Waals surface area contributed by atoms with Crippen molar-refractivity contribution >= 4 is 33.6 Å². The van der Waals surface area contributed by atoms with E-state index in [1.165, 1.54) is 4.90 Å². The quantitative estimate of drug-likeness (QED) is 0.870. The monoisotopic (exact) mass is 356 g/mol. The number of halogens is 1. The van der Waals surface area contributed by atoms with E-state index in [1.54, 1.807) is 13.1 Å². The lowest BCUT2D eigenvalue weighted by Gasteiger charge is -2.26. The molecule has 0 spiro atoms. The molecule has 1 aromatic rings. The van der Waals surface area contributed by atoms with Gasteiger partial charge in [0.1, 0.15) is 5.92 Å². The molecule has 2 atom stereocenters. The molecule has 1 aromatic carbocycles. The van der Waals surface area contributed by atoms with Crippen LogP contribution in [0.5, 0.6) is 0 Å². The van der Waals surface area contributed by atoms with Crippen molar-refractivity contribution in [1.29, 1.82) is 0 Å². The molecule has 114 valence electrons. The maximum Gasteiger partial charge on any atom is 0.321 e. The molecule has 1 fully saturated rings. The lowest BCUT2D eigenvalue weighted by molar-refractivity contribution is -0.142. The first-order valence-electron chi connectivity index (χ1n) is 6.51. The Morgan fingerprint density at radius 1 is 1.43 bits per heavy atom. The Balaban J connectivity index is 2.09. The number of aliphatic carboxylic acids is 1. The number of nitrogens with one attached hydrogen (secondary N) is 1. The zero-order chi connectivity index (χ0) is 15.6. The summed E-state index contributed by atoms with van der Waals surface area (Å²) in [5.74, 6) is -1.64. The summed E-state index contributed by atoms with van der Waals surface area (Å²) < 4.78 is 6.08. The maximum atomic E-state index is 12.3. The Morgan fingerprint density at radius 2 is 2.14 bits per heavy atom. The number of rotatable bonds is 3. The summed E-state index contributed by atoms with van der Waals surface area (Å²) in [4.78, 5) is 24.8. The van der Waals surface area contributed by atoms with E-state index in [0.717, 1.165) is 10.0 Å². The van der Waals surface area contributed by atoms with Crippen molar-refractivity contribution in [1.82, 2.24) is 4.90 Å². The fourth-order valence-electron chi connectivity index (χ4n) is 2.26. The van der Waals surface area contributed by atoms with Gasteiger partial charge >= 0.3 is 12.0 Å². The summed E-state index contributed by atoms with van der Waals surface area (Å²) in [6.07, 6.45) is 0. The fraction of sp³-hybridized carbons (Fsp3) is 0.429. The molecular formula is C14H17BrN2O4. The van der Waals surface area contributed by atoms with Gasteiger partial charge in [-0.05, 0) is 24.6 Å². The SMILES string of the molecule is Cc1c(Br)cccc1NC(=O)N(C)C1COCC1C(=O)O. The number of nitrogens with zero attached hydrogens (tertiary/aromatic N) is 1. The van der Waals surface area contributed by atoms with Gasteiger partial charge in [0.05, 0.1) is 19.3 Å². The number of urea groups is 1. The van der Waals surface area contributed by atoms with E-state index in [0.29, 0.717) is 5.69 Å². The number of carbonyl (C=O) groups excluding carboxylic acids is 1. The molecule has 2 unspecified atom stereocenters. The molecule has 0 bridgehead atoms. The average molecular weight is 357 g/mol. The van der Waals surface area contributed by atoms with Crippen LogP contribution in [0, 0.1) is 12.8 Å². The molecule has 2 N–H and O–H groups in total. The number of carboxylic acid groups (broad SMARTS) is 1. The maximum absolute atomic E-state index is 12.3. The third-order valence-corrected chi connectivity index (χ3v) is 4.55. The predicted molar refractivity (Wildman–Crippen MR) is 81.4 cm³/mol. The second-order valence-corrected chi connectivity index (χ2v) is 5.86. The Bertz CT molecular complexity index is 564. The number of likely N-dealkylation sites (N-methyl/N-ethyl adjacent to an activating group) is 1. The Morgan fingerprint density at radius 3 is 2.81 bits per heavy atom. The highest BCUT2D eigenvalue weighted by atomic mass is 79.9. The van der Waals surface area contributed by atoms with Gasteiger partial charge in [0.25, 0.3) is 0 Å². The number of carboxylic acids is 1. The van der Waals surface area contributed by atoms with Crippen LogP contribution >= 0.6 is 15.9 Å². The summed E-state index contributed by atoms with van der Waals surface area (Å²) in [6.45, 7) is 2.25. The summed E-state index contributed by atoms with van der Waals surface area (Å²) >= 11 is 3.41. The zero-order valence-corrected chi connectivity index (χ0v) is 13.4. The van der Waals surface area contributed by atoms with Crippen LogP contribution in [0.1, 0.15) is 5.56 Å². The smallest absolute Gasteiger partial charge is 0.321 e. The third kappa shape index (κ3) is 3.36. The van der Waals surface area contributed by atoms with E-state index >= 15 is 0 Å². The first-order valence-corrected chi connectivity index (χ1v) is 7.30.